The second kappa shape index (κ2) is 8.00. The molecule has 0 saturated heterocycles. The number of hydrogen-bond donors (Lipinski definition) is 3. The van der Waals surface area contributed by atoms with Crippen molar-refractivity contribution in [2.45, 2.75) is 19.9 Å². The van der Waals surface area contributed by atoms with E-state index in [1.807, 2.05) is 0 Å². The summed E-state index contributed by atoms with van der Waals surface area (Å²) in [5, 5.41) is 13.5. The molecule has 1 unspecified atom stereocenters. The summed E-state index contributed by atoms with van der Waals surface area (Å²) in [6, 6.07) is 8.32. The van der Waals surface area contributed by atoms with Crippen LogP contribution in [0.15, 0.2) is 42.7 Å². The number of aromatic nitrogens is 3. The van der Waals surface area contributed by atoms with Crippen molar-refractivity contribution in [1.29, 1.82) is 0 Å². The van der Waals surface area contributed by atoms with Gasteiger partial charge in [0, 0.05) is 30.8 Å². The third kappa shape index (κ3) is 4.14. The second-order valence-corrected chi connectivity index (χ2v) is 6.68. The minimum absolute atomic E-state index is 0.197. The summed E-state index contributed by atoms with van der Waals surface area (Å²) in [7, 11) is 1.75. The van der Waals surface area contributed by atoms with Gasteiger partial charge in [-0.3, -0.25) is 14.3 Å². The Morgan fingerprint density at radius 1 is 1.19 bits per heavy atom. The van der Waals surface area contributed by atoms with Crippen LogP contribution in [0.3, 0.4) is 0 Å². The molecule has 0 saturated carbocycles. The molecule has 3 N–H and O–H groups in total. The van der Waals surface area contributed by atoms with E-state index in [9.17, 15) is 9.59 Å². The van der Waals surface area contributed by atoms with Crippen molar-refractivity contribution in [1.82, 2.24) is 14.2 Å². The fourth-order valence-corrected chi connectivity index (χ4v) is 3.30. The van der Waals surface area contributed by atoms with Crippen LogP contribution in [-0.2, 0) is 4.79 Å². The number of nitrogens with one attached hydrogen (secondary N) is 3. The lowest BCUT2D eigenvalue weighted by atomic mass is 10.2. The van der Waals surface area contributed by atoms with Crippen LogP contribution in [0.2, 0.25) is 0 Å². The molecule has 3 aromatic rings. The van der Waals surface area contributed by atoms with Crippen molar-refractivity contribution in [2.75, 3.05) is 23.0 Å². The minimum atomic E-state index is -0.448. The van der Waals surface area contributed by atoms with Crippen molar-refractivity contribution in [2.24, 2.45) is 0 Å². The number of hydrogen-bond acceptors (Lipinski definition) is 6. The molecule has 0 radical (unpaired) electrons. The number of anilines is 3. The molecular formula is C18H20N6O2S. The largest absolute Gasteiger partial charge is 0.378 e. The summed E-state index contributed by atoms with van der Waals surface area (Å²) in [6.07, 6.45) is 3.36. The van der Waals surface area contributed by atoms with Gasteiger partial charge in [0.2, 0.25) is 5.91 Å². The van der Waals surface area contributed by atoms with Gasteiger partial charge in [0.05, 0.1) is 11.3 Å². The average Bonchev–Trinajstić information content (AvgIpc) is 3.30. The Hall–Kier alpha value is -3.20. The first kappa shape index (κ1) is 18.6. The van der Waals surface area contributed by atoms with Crippen molar-refractivity contribution < 1.29 is 9.59 Å². The molecule has 9 heteroatoms. The zero-order chi connectivity index (χ0) is 19.4. The first-order chi connectivity index (χ1) is 13.0. The minimum Gasteiger partial charge on any atom is -0.378 e. The van der Waals surface area contributed by atoms with Crippen LogP contribution in [0, 0.1) is 6.92 Å². The first-order valence-corrected chi connectivity index (χ1v) is 9.12. The Balaban J connectivity index is 1.71. The fourth-order valence-electron chi connectivity index (χ4n) is 2.55. The van der Waals surface area contributed by atoms with Crippen LogP contribution >= 0.6 is 11.5 Å². The molecule has 1 atom stereocenters. The summed E-state index contributed by atoms with van der Waals surface area (Å²) in [6.45, 7) is 3.55. The van der Waals surface area contributed by atoms with Gasteiger partial charge >= 0.3 is 0 Å². The van der Waals surface area contributed by atoms with Crippen molar-refractivity contribution in [3.8, 4) is 0 Å². The highest BCUT2D eigenvalue weighted by molar-refractivity contribution is 7.10. The number of nitrogens with zero attached hydrogens (tertiary/aromatic N) is 3. The van der Waals surface area contributed by atoms with Gasteiger partial charge < -0.3 is 16.0 Å². The lowest BCUT2D eigenvalue weighted by Gasteiger charge is -2.13. The quantitative estimate of drug-likeness (QED) is 0.606. The number of aryl methyl sites for hydroxylation is 1. The van der Waals surface area contributed by atoms with Crippen LogP contribution in [0.25, 0.3) is 0 Å². The number of rotatable bonds is 6. The molecule has 0 aliphatic carbocycles. The lowest BCUT2D eigenvalue weighted by molar-refractivity contribution is -0.119. The molecule has 2 amide bonds. The molecule has 0 aliphatic heterocycles. The number of benzene rings is 1. The molecule has 2 heterocycles. The highest BCUT2D eigenvalue weighted by Crippen LogP contribution is 2.25. The van der Waals surface area contributed by atoms with Gasteiger partial charge in [0.1, 0.15) is 11.0 Å². The summed E-state index contributed by atoms with van der Waals surface area (Å²) in [5.41, 5.74) is 2.35. The number of amides is 2. The van der Waals surface area contributed by atoms with E-state index < -0.39 is 6.04 Å². The Morgan fingerprint density at radius 3 is 2.59 bits per heavy atom. The Bertz CT molecular complexity index is 951. The van der Waals surface area contributed by atoms with Gasteiger partial charge in [-0.2, -0.15) is 9.47 Å². The summed E-state index contributed by atoms with van der Waals surface area (Å²) < 4.78 is 5.78. The molecule has 140 valence electrons. The van der Waals surface area contributed by atoms with E-state index in [1.165, 1.54) is 11.5 Å². The highest BCUT2D eigenvalue weighted by atomic mass is 32.1. The number of carbonyl (C=O) groups is 2. The lowest BCUT2D eigenvalue weighted by Crippen LogP contribution is -2.24. The molecule has 1 aromatic carbocycles. The van der Waals surface area contributed by atoms with Crippen LogP contribution in [0.5, 0.6) is 0 Å². The predicted octanol–water partition coefficient (Wildman–Crippen LogP) is 3.14. The van der Waals surface area contributed by atoms with E-state index in [4.69, 9.17) is 0 Å². The van der Waals surface area contributed by atoms with Crippen molar-refractivity contribution >= 4 is 39.7 Å². The van der Waals surface area contributed by atoms with Gasteiger partial charge in [-0.05, 0) is 49.6 Å². The maximum absolute atomic E-state index is 12.6. The van der Waals surface area contributed by atoms with Gasteiger partial charge in [-0.1, -0.05) is 6.07 Å². The zero-order valence-corrected chi connectivity index (χ0v) is 16.0. The van der Waals surface area contributed by atoms with E-state index in [-0.39, 0.29) is 11.8 Å². The third-order valence-corrected chi connectivity index (χ3v) is 4.96. The van der Waals surface area contributed by atoms with E-state index >= 15 is 0 Å². The SMILES string of the molecule is CNc1snc(C)c1C(=O)Nc1cccc(NC(=O)C(C)n2cccn2)c1. The van der Waals surface area contributed by atoms with E-state index in [0.717, 1.165) is 0 Å². The summed E-state index contributed by atoms with van der Waals surface area (Å²) in [5.74, 6) is -0.448. The maximum atomic E-state index is 12.6. The molecule has 0 aliphatic rings. The molecule has 27 heavy (non-hydrogen) atoms. The topological polar surface area (TPSA) is 101 Å². The smallest absolute Gasteiger partial charge is 0.260 e. The molecular weight excluding hydrogens is 364 g/mol. The second-order valence-electron chi connectivity index (χ2n) is 5.91. The Labute approximate surface area is 160 Å². The maximum Gasteiger partial charge on any atom is 0.260 e. The standard InChI is InChI=1S/C18H20N6O2S/c1-11-15(18(19-3)27-23-11)17(26)22-14-7-4-6-13(10-14)21-16(25)12(2)24-9-5-8-20-24/h4-10,12,19H,1-3H3,(H,21,25)(H,22,26). The third-order valence-electron chi connectivity index (χ3n) is 4.01. The monoisotopic (exact) mass is 384 g/mol. The average molecular weight is 384 g/mol. The fraction of sp³-hybridized carbons (Fsp3) is 0.222. The van der Waals surface area contributed by atoms with Gasteiger partial charge in [0.15, 0.2) is 0 Å². The van der Waals surface area contributed by atoms with E-state index in [1.54, 1.807) is 68.3 Å². The van der Waals surface area contributed by atoms with E-state index in [0.29, 0.717) is 27.6 Å². The van der Waals surface area contributed by atoms with Crippen molar-refractivity contribution in [3.05, 3.63) is 54.0 Å². The first-order valence-electron chi connectivity index (χ1n) is 8.35. The van der Waals surface area contributed by atoms with Gasteiger partial charge in [0.25, 0.3) is 5.91 Å². The normalized spacial score (nSPS) is 11.7. The van der Waals surface area contributed by atoms with Gasteiger partial charge in [-0.15, -0.1) is 0 Å². The zero-order valence-electron chi connectivity index (χ0n) is 15.2. The summed E-state index contributed by atoms with van der Waals surface area (Å²) in [4.78, 5) is 25.0. The van der Waals surface area contributed by atoms with Crippen LogP contribution in [0.4, 0.5) is 16.4 Å². The molecule has 8 nitrogen and oxygen atoms in total. The predicted molar refractivity (Wildman–Crippen MR) is 106 cm³/mol. The van der Waals surface area contributed by atoms with Gasteiger partial charge in [-0.25, -0.2) is 0 Å². The van der Waals surface area contributed by atoms with E-state index in [2.05, 4.69) is 25.4 Å². The number of carbonyl (C=O) groups excluding carboxylic acids is 2. The van der Waals surface area contributed by atoms with Crippen molar-refractivity contribution in [3.63, 3.8) is 0 Å². The van der Waals surface area contributed by atoms with Crippen LogP contribution < -0.4 is 16.0 Å². The molecule has 0 bridgehead atoms. The molecule has 2 aromatic heterocycles. The Kier molecular flexibility index (Phi) is 5.51. The van der Waals surface area contributed by atoms with Crippen LogP contribution in [-0.4, -0.2) is 33.0 Å². The molecule has 0 fully saturated rings. The Morgan fingerprint density at radius 2 is 1.93 bits per heavy atom. The highest BCUT2D eigenvalue weighted by Gasteiger charge is 2.18. The molecule has 3 rings (SSSR count). The van der Waals surface area contributed by atoms with Crippen LogP contribution in [0.1, 0.15) is 29.0 Å². The molecule has 0 spiro atoms. The summed E-state index contributed by atoms with van der Waals surface area (Å²) >= 11 is 1.24.